The van der Waals surface area contributed by atoms with Gasteiger partial charge in [0.15, 0.2) is 0 Å². The molecular weight excluding hydrogens is 628 g/mol. The van der Waals surface area contributed by atoms with Gasteiger partial charge >= 0.3 is 0 Å². The van der Waals surface area contributed by atoms with Crippen LogP contribution in [0.25, 0.3) is 22.2 Å². The van der Waals surface area contributed by atoms with Crippen molar-refractivity contribution in [1.29, 1.82) is 11.1 Å². The lowest BCUT2D eigenvalue weighted by Gasteiger charge is -2.14. The van der Waals surface area contributed by atoms with Crippen LogP contribution in [0, 0.1) is 11.1 Å². The Labute approximate surface area is 291 Å². The van der Waals surface area contributed by atoms with Crippen LogP contribution in [-0.2, 0) is 9.59 Å². The summed E-state index contributed by atoms with van der Waals surface area (Å²) in [5, 5.41) is 21.8. The van der Waals surface area contributed by atoms with Crippen molar-refractivity contribution >= 4 is 56.7 Å². The van der Waals surface area contributed by atoms with Gasteiger partial charge in [0.25, 0.3) is 0 Å². The largest absolute Gasteiger partial charge is 0.360 e. The summed E-state index contributed by atoms with van der Waals surface area (Å²) in [6, 6.07) is 26.5. The minimum Gasteiger partial charge on any atom is -0.360 e. The lowest BCUT2D eigenvalue weighted by molar-refractivity contribution is -0.117. The van der Waals surface area contributed by atoms with Crippen molar-refractivity contribution in [3.63, 3.8) is 0 Å². The minimum absolute atomic E-state index is 0.0354. The molecule has 6 rings (SSSR count). The number of fused-ring (bicyclic) bond motifs is 1. The number of likely N-dealkylation sites (tertiary alicyclic amines) is 2. The average Bonchev–Trinajstić information content (AvgIpc) is 3.84. The van der Waals surface area contributed by atoms with E-state index < -0.39 is 0 Å². The van der Waals surface area contributed by atoms with Gasteiger partial charge in [-0.2, -0.15) is 10.2 Å². The molecule has 4 aromatic rings. The number of nitrogens with zero attached hydrogens (tertiary/aromatic N) is 4. The summed E-state index contributed by atoms with van der Waals surface area (Å²) < 4.78 is 0. The highest BCUT2D eigenvalue weighted by molar-refractivity contribution is 5.94. The second-order valence-corrected chi connectivity index (χ2v) is 12.6. The molecule has 256 valence electrons. The molecule has 6 N–H and O–H groups in total. The van der Waals surface area contributed by atoms with Gasteiger partial charge in [0.2, 0.25) is 11.8 Å². The molecule has 0 bridgehead atoms. The van der Waals surface area contributed by atoms with E-state index in [1.54, 1.807) is 12.4 Å². The molecule has 12 nitrogen and oxygen atoms in total. The van der Waals surface area contributed by atoms with Crippen molar-refractivity contribution in [2.75, 3.05) is 60.5 Å². The van der Waals surface area contributed by atoms with E-state index in [0.717, 1.165) is 85.1 Å². The first-order chi connectivity index (χ1) is 24.4. The van der Waals surface area contributed by atoms with Gasteiger partial charge in [0, 0.05) is 46.3 Å². The fraction of sp³-hybridized carbons (Fsp3) is 0.263. The number of nitrogens with one attached hydrogen (secondary N) is 6. The first-order valence-corrected chi connectivity index (χ1v) is 16.9. The quantitative estimate of drug-likeness (QED) is 0.0751. The van der Waals surface area contributed by atoms with E-state index in [-0.39, 0.29) is 11.8 Å². The SMILES string of the molecule is N=N/C(=C\Nc1cccc(NC(=O)CN2CCCC2)c1)c1ccc2ccc(/C(=C/Nc3cccc(NC(=O)CN4CCCC4)c3)N=N)cc2c1. The van der Waals surface area contributed by atoms with Crippen LogP contribution < -0.4 is 21.3 Å². The third-order valence-corrected chi connectivity index (χ3v) is 8.85. The van der Waals surface area contributed by atoms with E-state index in [9.17, 15) is 9.59 Å². The van der Waals surface area contributed by atoms with Gasteiger partial charge in [-0.15, -0.1) is 0 Å². The fourth-order valence-corrected chi connectivity index (χ4v) is 6.29. The van der Waals surface area contributed by atoms with E-state index in [1.165, 1.54) is 0 Å². The number of carbonyl (C=O) groups is 2. The monoisotopic (exact) mass is 670 g/mol. The number of hydrogen-bond donors (Lipinski definition) is 6. The third kappa shape index (κ3) is 9.24. The lowest BCUT2D eigenvalue weighted by Crippen LogP contribution is -2.30. The van der Waals surface area contributed by atoms with Crippen LogP contribution in [0.1, 0.15) is 36.8 Å². The molecule has 2 aliphatic rings. The van der Waals surface area contributed by atoms with E-state index in [4.69, 9.17) is 11.1 Å². The van der Waals surface area contributed by atoms with Gasteiger partial charge < -0.3 is 21.3 Å². The summed E-state index contributed by atoms with van der Waals surface area (Å²) in [6.45, 7) is 4.62. The van der Waals surface area contributed by atoms with Gasteiger partial charge in [-0.3, -0.25) is 19.4 Å². The number of carbonyl (C=O) groups excluding carboxylic acids is 2. The maximum Gasteiger partial charge on any atom is 0.238 e. The maximum absolute atomic E-state index is 12.5. The van der Waals surface area contributed by atoms with E-state index in [0.29, 0.717) is 35.9 Å². The summed E-state index contributed by atoms with van der Waals surface area (Å²) in [5.41, 5.74) is 21.0. The average molecular weight is 671 g/mol. The van der Waals surface area contributed by atoms with E-state index in [2.05, 4.69) is 41.3 Å². The van der Waals surface area contributed by atoms with Gasteiger partial charge in [0.1, 0.15) is 11.4 Å². The number of benzene rings is 4. The molecule has 12 heteroatoms. The Kier molecular flexibility index (Phi) is 11.3. The molecule has 0 aromatic heterocycles. The van der Waals surface area contributed by atoms with Crippen LogP contribution >= 0.6 is 0 Å². The Balaban J connectivity index is 1.12. The maximum atomic E-state index is 12.5. The van der Waals surface area contributed by atoms with E-state index in [1.807, 2.05) is 84.9 Å². The second kappa shape index (κ2) is 16.6. The van der Waals surface area contributed by atoms with Crippen molar-refractivity contribution in [1.82, 2.24) is 9.80 Å². The van der Waals surface area contributed by atoms with Crippen LogP contribution in [-0.4, -0.2) is 60.9 Å². The molecule has 0 aliphatic carbocycles. The normalized spacial score (nSPS) is 15.5. The van der Waals surface area contributed by atoms with Crippen LogP contribution in [0.3, 0.4) is 0 Å². The summed E-state index contributed by atoms with van der Waals surface area (Å²) in [7, 11) is 0. The zero-order chi connectivity index (χ0) is 34.7. The number of rotatable bonds is 14. The minimum atomic E-state index is -0.0354. The number of anilines is 4. The summed E-state index contributed by atoms with van der Waals surface area (Å²) in [5.74, 6) is -0.0708. The first kappa shape index (κ1) is 34.2. The summed E-state index contributed by atoms with van der Waals surface area (Å²) >= 11 is 0. The molecule has 0 spiro atoms. The van der Waals surface area contributed by atoms with Crippen LogP contribution in [0.5, 0.6) is 0 Å². The third-order valence-electron chi connectivity index (χ3n) is 8.85. The fourth-order valence-electron chi connectivity index (χ4n) is 6.29. The second-order valence-electron chi connectivity index (χ2n) is 12.6. The van der Waals surface area contributed by atoms with Crippen molar-refractivity contribution in [2.24, 2.45) is 10.2 Å². The molecular formula is C38H42N10O2. The van der Waals surface area contributed by atoms with Crippen molar-refractivity contribution < 1.29 is 9.59 Å². The van der Waals surface area contributed by atoms with Gasteiger partial charge in [-0.05, 0) is 111 Å². The number of hydrogen-bond acceptors (Lipinski definition) is 10. The predicted octanol–water partition coefficient (Wildman–Crippen LogP) is 7.79. The molecule has 4 aromatic carbocycles. The highest BCUT2D eigenvalue weighted by Gasteiger charge is 2.16. The molecule has 2 heterocycles. The van der Waals surface area contributed by atoms with Gasteiger partial charge in [-0.1, -0.05) is 36.4 Å². The van der Waals surface area contributed by atoms with Crippen molar-refractivity contribution in [3.8, 4) is 0 Å². The molecule has 2 amide bonds. The van der Waals surface area contributed by atoms with Crippen molar-refractivity contribution in [3.05, 3.63) is 108 Å². The standard InChI is InChI=1S/C38H42N10O2/c39-45-35(23-41-31-7-5-9-33(21-31)43-37(49)25-47-15-1-2-16-47)28-13-11-27-12-14-29(20-30(27)19-28)36(46-40)24-42-32-8-6-10-34(22-32)44-38(50)26-48-17-3-4-18-48/h5-14,19-24,39-42H,1-4,15-18,25-26H2,(H,43,49)(H,44,50)/b35-23-,36-24-,45-39?,46-40?. The molecule has 2 saturated heterocycles. The van der Waals surface area contributed by atoms with Gasteiger partial charge in [-0.25, -0.2) is 11.1 Å². The van der Waals surface area contributed by atoms with Crippen LogP contribution in [0.4, 0.5) is 22.7 Å². The molecule has 2 fully saturated rings. The molecule has 50 heavy (non-hydrogen) atoms. The van der Waals surface area contributed by atoms with Crippen LogP contribution in [0.15, 0.2) is 108 Å². The molecule has 0 unspecified atom stereocenters. The Hall–Kier alpha value is -5.72. The predicted molar refractivity (Wildman–Crippen MR) is 199 cm³/mol. The molecule has 0 saturated carbocycles. The van der Waals surface area contributed by atoms with E-state index >= 15 is 0 Å². The zero-order valence-corrected chi connectivity index (χ0v) is 27.9. The Bertz CT molecular complexity index is 1790. The Morgan fingerprint density at radius 2 is 1.00 bits per heavy atom. The molecule has 2 aliphatic heterocycles. The topological polar surface area (TPSA) is 161 Å². The van der Waals surface area contributed by atoms with Crippen molar-refractivity contribution in [2.45, 2.75) is 25.7 Å². The molecule has 0 atom stereocenters. The Morgan fingerprint density at radius 1 is 0.580 bits per heavy atom. The zero-order valence-electron chi connectivity index (χ0n) is 27.9. The molecule has 0 radical (unpaired) electrons. The highest BCUT2D eigenvalue weighted by atomic mass is 16.2. The number of amides is 2. The summed E-state index contributed by atoms with van der Waals surface area (Å²) in [6.07, 6.45) is 7.87. The summed E-state index contributed by atoms with van der Waals surface area (Å²) in [4.78, 5) is 29.3. The van der Waals surface area contributed by atoms with Gasteiger partial charge in [0.05, 0.1) is 13.1 Å². The highest BCUT2D eigenvalue weighted by Crippen LogP contribution is 2.27. The Morgan fingerprint density at radius 3 is 1.42 bits per heavy atom. The first-order valence-electron chi connectivity index (χ1n) is 16.9. The lowest BCUT2D eigenvalue weighted by atomic mass is 10.0. The smallest absolute Gasteiger partial charge is 0.238 e. The van der Waals surface area contributed by atoms with Crippen LogP contribution in [0.2, 0.25) is 0 Å².